The Morgan fingerprint density at radius 2 is 2.04 bits per heavy atom. The highest BCUT2D eigenvalue weighted by Gasteiger charge is 2.48. The number of nitrogens with zero attached hydrogens (tertiary/aromatic N) is 3. The second-order valence-corrected chi connectivity index (χ2v) is 4.97. The number of aromatic nitrogens is 3. The summed E-state index contributed by atoms with van der Waals surface area (Å²) in [6, 6.07) is 0. The smallest absolute Gasteiger partial charge is 0.377 e. The fourth-order valence-electron chi connectivity index (χ4n) is 2.17. The van der Waals surface area contributed by atoms with Gasteiger partial charge >= 0.3 is 17.9 Å². The van der Waals surface area contributed by atoms with Gasteiger partial charge in [-0.1, -0.05) is 0 Å². The van der Waals surface area contributed by atoms with Crippen molar-refractivity contribution in [1.82, 2.24) is 14.8 Å². The highest BCUT2D eigenvalue weighted by molar-refractivity contribution is 5.84. The van der Waals surface area contributed by atoms with Crippen LogP contribution >= 0.6 is 0 Å². The SMILES string of the molecule is COC(=O)c1ncn([C@@H]2O[C@H](COC(C)=O)[C@H](O)[C@@H]2OC(C)=O)n1. The molecule has 0 saturated carbocycles. The molecule has 0 amide bonds. The molecule has 1 N–H and O–H groups in total. The van der Waals surface area contributed by atoms with Crippen molar-refractivity contribution in [3.05, 3.63) is 12.2 Å². The lowest BCUT2D eigenvalue weighted by Gasteiger charge is -2.19. The zero-order valence-electron chi connectivity index (χ0n) is 13.2. The van der Waals surface area contributed by atoms with Gasteiger partial charge in [-0.3, -0.25) is 9.59 Å². The summed E-state index contributed by atoms with van der Waals surface area (Å²) in [6.07, 6.45) is -3.18. The summed E-state index contributed by atoms with van der Waals surface area (Å²) in [6.45, 7) is 2.15. The molecule has 2 rings (SSSR count). The van der Waals surface area contributed by atoms with Crippen LogP contribution in [0.3, 0.4) is 0 Å². The van der Waals surface area contributed by atoms with E-state index < -0.39 is 42.4 Å². The molecule has 1 saturated heterocycles. The zero-order chi connectivity index (χ0) is 17.9. The minimum atomic E-state index is -1.26. The summed E-state index contributed by atoms with van der Waals surface area (Å²) in [7, 11) is 1.18. The third-order valence-corrected chi connectivity index (χ3v) is 3.20. The van der Waals surface area contributed by atoms with E-state index in [1.165, 1.54) is 27.3 Å². The third-order valence-electron chi connectivity index (χ3n) is 3.20. The Morgan fingerprint density at radius 3 is 2.62 bits per heavy atom. The number of carbonyl (C=O) groups excluding carboxylic acids is 3. The molecular formula is C13H17N3O8. The summed E-state index contributed by atoms with van der Waals surface area (Å²) in [5.41, 5.74) is 0. The molecule has 1 fully saturated rings. The van der Waals surface area contributed by atoms with Crippen molar-refractivity contribution in [2.24, 2.45) is 0 Å². The van der Waals surface area contributed by atoms with Crippen LogP contribution in [0.1, 0.15) is 30.7 Å². The number of carbonyl (C=O) groups is 3. The van der Waals surface area contributed by atoms with Gasteiger partial charge in [-0.25, -0.2) is 14.5 Å². The van der Waals surface area contributed by atoms with Gasteiger partial charge in [0.2, 0.25) is 0 Å². The van der Waals surface area contributed by atoms with Gasteiger partial charge in [0.05, 0.1) is 7.11 Å². The molecule has 11 nitrogen and oxygen atoms in total. The van der Waals surface area contributed by atoms with Crippen molar-refractivity contribution >= 4 is 17.9 Å². The molecule has 0 aromatic carbocycles. The number of hydrogen-bond donors (Lipinski definition) is 1. The predicted octanol–water partition coefficient (Wildman–Crippen LogP) is -1.18. The first kappa shape index (κ1) is 17.8. The van der Waals surface area contributed by atoms with Crippen molar-refractivity contribution in [3.8, 4) is 0 Å². The molecule has 0 aliphatic carbocycles. The van der Waals surface area contributed by atoms with Crippen molar-refractivity contribution in [2.75, 3.05) is 13.7 Å². The molecule has 2 heterocycles. The van der Waals surface area contributed by atoms with Gasteiger partial charge in [0.15, 0.2) is 12.3 Å². The maximum atomic E-state index is 11.4. The molecule has 1 aliphatic heterocycles. The monoisotopic (exact) mass is 343 g/mol. The lowest BCUT2D eigenvalue weighted by Crippen LogP contribution is -2.37. The van der Waals surface area contributed by atoms with Crippen molar-refractivity contribution < 1.29 is 38.4 Å². The van der Waals surface area contributed by atoms with Crippen molar-refractivity contribution in [1.29, 1.82) is 0 Å². The van der Waals surface area contributed by atoms with E-state index in [-0.39, 0.29) is 12.4 Å². The summed E-state index contributed by atoms with van der Waals surface area (Å²) in [4.78, 5) is 37.3. The van der Waals surface area contributed by atoms with Crippen LogP contribution in [0.4, 0.5) is 0 Å². The van der Waals surface area contributed by atoms with Gasteiger partial charge in [0.1, 0.15) is 25.1 Å². The highest BCUT2D eigenvalue weighted by Crippen LogP contribution is 2.31. The van der Waals surface area contributed by atoms with Gasteiger partial charge in [-0.2, -0.15) is 0 Å². The first-order valence-corrected chi connectivity index (χ1v) is 6.97. The standard InChI is InChI=1S/C13H17N3O8/c1-6(17)22-4-8-9(19)10(23-7(2)18)12(24-8)16-5-14-11(15-16)13(20)21-3/h5,8-10,12,19H,4H2,1-3H3/t8-,9+,10+,12-/m1/s1. The number of hydrogen-bond acceptors (Lipinski definition) is 10. The Labute approximate surface area is 136 Å². The fraction of sp³-hybridized carbons (Fsp3) is 0.615. The van der Waals surface area contributed by atoms with Gasteiger partial charge in [-0.05, 0) is 0 Å². The van der Waals surface area contributed by atoms with E-state index in [1.54, 1.807) is 0 Å². The Morgan fingerprint density at radius 1 is 1.33 bits per heavy atom. The van der Waals surface area contributed by atoms with Crippen LogP contribution in [0.25, 0.3) is 0 Å². The lowest BCUT2D eigenvalue weighted by atomic mass is 10.1. The maximum absolute atomic E-state index is 11.4. The Hall–Kier alpha value is -2.53. The van der Waals surface area contributed by atoms with Crippen LogP contribution < -0.4 is 0 Å². The summed E-state index contributed by atoms with van der Waals surface area (Å²) >= 11 is 0. The van der Waals surface area contributed by atoms with Crippen molar-refractivity contribution in [2.45, 2.75) is 38.4 Å². The van der Waals surface area contributed by atoms with Crippen molar-refractivity contribution in [3.63, 3.8) is 0 Å². The number of aliphatic hydroxyl groups is 1. The molecule has 1 aromatic heterocycles. The first-order valence-electron chi connectivity index (χ1n) is 6.97. The minimum absolute atomic E-state index is 0.222. The third kappa shape index (κ3) is 3.86. The molecule has 0 unspecified atom stereocenters. The van der Waals surface area contributed by atoms with E-state index >= 15 is 0 Å². The largest absolute Gasteiger partial charge is 0.463 e. The Balaban J connectivity index is 2.21. The van der Waals surface area contributed by atoms with Crippen LogP contribution in [0.5, 0.6) is 0 Å². The molecule has 24 heavy (non-hydrogen) atoms. The van der Waals surface area contributed by atoms with Gasteiger partial charge < -0.3 is 24.1 Å². The second-order valence-electron chi connectivity index (χ2n) is 4.97. The van der Waals surface area contributed by atoms with Crippen LogP contribution in [0.15, 0.2) is 6.33 Å². The van der Waals surface area contributed by atoms with E-state index in [0.29, 0.717) is 0 Å². The average Bonchev–Trinajstić information content (AvgIpc) is 3.11. The topological polar surface area (TPSA) is 139 Å². The van der Waals surface area contributed by atoms with E-state index in [2.05, 4.69) is 14.8 Å². The van der Waals surface area contributed by atoms with E-state index in [0.717, 1.165) is 4.68 Å². The number of rotatable bonds is 5. The van der Waals surface area contributed by atoms with Gasteiger partial charge in [-0.15, -0.1) is 5.10 Å². The molecule has 0 bridgehead atoms. The molecule has 1 aromatic rings. The highest BCUT2D eigenvalue weighted by atomic mass is 16.6. The molecule has 4 atom stereocenters. The predicted molar refractivity (Wildman–Crippen MR) is 73.5 cm³/mol. The van der Waals surface area contributed by atoms with E-state index in [1.807, 2.05) is 0 Å². The number of aliphatic hydroxyl groups excluding tert-OH is 1. The summed E-state index contributed by atoms with van der Waals surface area (Å²) in [5.74, 6) is -2.17. The van der Waals surface area contributed by atoms with E-state index in [4.69, 9.17) is 14.2 Å². The molecule has 132 valence electrons. The lowest BCUT2D eigenvalue weighted by molar-refractivity contribution is -0.156. The summed E-state index contributed by atoms with van der Waals surface area (Å²) in [5, 5.41) is 14.1. The van der Waals surface area contributed by atoms with Gasteiger partial charge in [0, 0.05) is 13.8 Å². The first-order chi connectivity index (χ1) is 11.3. The molecule has 0 radical (unpaired) electrons. The number of methoxy groups -OCH3 is 1. The number of ether oxygens (including phenoxy) is 4. The maximum Gasteiger partial charge on any atom is 0.377 e. The zero-order valence-corrected chi connectivity index (χ0v) is 13.2. The quantitative estimate of drug-likeness (QED) is 0.513. The van der Waals surface area contributed by atoms with Crippen LogP contribution in [0.2, 0.25) is 0 Å². The molecule has 1 aliphatic rings. The second kappa shape index (κ2) is 7.36. The molecular weight excluding hydrogens is 326 g/mol. The summed E-state index contributed by atoms with van der Waals surface area (Å²) < 4.78 is 21.1. The Bertz CT molecular complexity index is 630. The minimum Gasteiger partial charge on any atom is -0.463 e. The average molecular weight is 343 g/mol. The van der Waals surface area contributed by atoms with Crippen LogP contribution in [0, 0.1) is 0 Å². The van der Waals surface area contributed by atoms with E-state index in [9.17, 15) is 19.5 Å². The van der Waals surface area contributed by atoms with Crippen LogP contribution in [-0.4, -0.2) is 69.8 Å². The fourth-order valence-corrected chi connectivity index (χ4v) is 2.17. The molecule has 0 spiro atoms. The van der Waals surface area contributed by atoms with Gasteiger partial charge in [0.25, 0.3) is 5.82 Å². The molecule has 11 heteroatoms. The van der Waals surface area contributed by atoms with Crippen LogP contribution in [-0.2, 0) is 28.5 Å². The Kier molecular flexibility index (Phi) is 5.46. The number of esters is 3. The normalized spacial score (nSPS) is 26.0.